The van der Waals surface area contributed by atoms with E-state index in [1.807, 2.05) is 6.92 Å². The summed E-state index contributed by atoms with van der Waals surface area (Å²) < 4.78 is 64.8. The molecule has 9 heteroatoms. The maximum Gasteiger partial charge on any atom is 0.245 e. The van der Waals surface area contributed by atoms with E-state index in [2.05, 4.69) is 5.32 Å². The minimum absolute atomic E-state index is 0.384. The van der Waals surface area contributed by atoms with E-state index in [-0.39, 0.29) is 0 Å². The lowest BCUT2D eigenvalue weighted by Crippen LogP contribution is -2.38. The van der Waals surface area contributed by atoms with Gasteiger partial charge in [-0.25, -0.2) is 21.6 Å². The number of para-hydroxylation sites is 1. The third-order valence-electron chi connectivity index (χ3n) is 3.64. The number of rotatable bonds is 6. The van der Waals surface area contributed by atoms with Crippen molar-refractivity contribution in [3.05, 3.63) is 59.4 Å². The summed E-state index contributed by atoms with van der Waals surface area (Å²) in [7, 11) is -4.13. The first-order valence-electron chi connectivity index (χ1n) is 7.64. The molecule has 0 atom stereocenters. The number of anilines is 2. The molecule has 0 aliphatic rings. The van der Waals surface area contributed by atoms with E-state index in [4.69, 9.17) is 0 Å². The fraction of sp³-hybridized carbons (Fsp3) is 0.235. The number of carbonyl (C=O) groups is 1. The van der Waals surface area contributed by atoms with Gasteiger partial charge in [-0.05, 0) is 30.2 Å². The van der Waals surface area contributed by atoms with E-state index in [1.165, 1.54) is 0 Å². The van der Waals surface area contributed by atoms with Crippen LogP contribution in [0, 0.1) is 17.5 Å². The summed E-state index contributed by atoms with van der Waals surface area (Å²) in [6, 6.07) is 8.27. The molecular formula is C17H17F3N2O3S. The summed E-state index contributed by atoms with van der Waals surface area (Å²) >= 11 is 0. The van der Waals surface area contributed by atoms with Crippen LogP contribution in [-0.4, -0.2) is 27.1 Å². The summed E-state index contributed by atoms with van der Waals surface area (Å²) in [6.07, 6.45) is 1.37. The van der Waals surface area contributed by atoms with Crippen LogP contribution in [0.3, 0.4) is 0 Å². The van der Waals surface area contributed by atoms with Gasteiger partial charge in [-0.15, -0.1) is 0 Å². The average molecular weight is 386 g/mol. The number of amides is 1. The van der Waals surface area contributed by atoms with E-state index in [0.29, 0.717) is 22.5 Å². The molecule has 0 saturated heterocycles. The highest BCUT2D eigenvalue weighted by atomic mass is 32.2. The smallest absolute Gasteiger partial charge is 0.245 e. The lowest BCUT2D eigenvalue weighted by atomic mass is 10.1. The molecule has 26 heavy (non-hydrogen) atoms. The molecule has 0 saturated carbocycles. The Morgan fingerprint density at radius 1 is 1.08 bits per heavy atom. The topological polar surface area (TPSA) is 66.5 Å². The van der Waals surface area contributed by atoms with Gasteiger partial charge in [-0.3, -0.25) is 9.10 Å². The zero-order chi connectivity index (χ0) is 19.5. The number of nitrogens with zero attached hydrogens (tertiary/aromatic N) is 1. The fourth-order valence-corrected chi connectivity index (χ4v) is 3.21. The van der Waals surface area contributed by atoms with Crippen LogP contribution in [0.1, 0.15) is 12.5 Å². The van der Waals surface area contributed by atoms with Gasteiger partial charge >= 0.3 is 0 Å². The molecule has 1 amide bonds. The minimum atomic E-state index is -4.13. The largest absolute Gasteiger partial charge is 0.324 e. The number of halogens is 3. The highest BCUT2D eigenvalue weighted by Gasteiger charge is 2.26. The molecular weight excluding hydrogens is 369 g/mol. The molecule has 2 rings (SSSR count). The van der Waals surface area contributed by atoms with E-state index < -0.39 is 45.6 Å². The van der Waals surface area contributed by atoms with Crippen LogP contribution in [-0.2, 0) is 21.2 Å². The normalized spacial score (nSPS) is 11.3. The van der Waals surface area contributed by atoms with Crippen molar-refractivity contribution in [1.82, 2.24) is 0 Å². The molecule has 2 aromatic carbocycles. The zero-order valence-electron chi connectivity index (χ0n) is 14.1. The SMILES string of the molecule is CCc1ccccc1NC(=O)CN(c1ccc(F)c(F)c1F)S(C)(=O)=O. The molecule has 0 heterocycles. The third-order valence-corrected chi connectivity index (χ3v) is 4.77. The highest BCUT2D eigenvalue weighted by molar-refractivity contribution is 7.92. The molecule has 0 bridgehead atoms. The van der Waals surface area contributed by atoms with Gasteiger partial charge in [0.15, 0.2) is 17.5 Å². The van der Waals surface area contributed by atoms with Crippen molar-refractivity contribution in [2.45, 2.75) is 13.3 Å². The van der Waals surface area contributed by atoms with Crippen molar-refractivity contribution in [1.29, 1.82) is 0 Å². The van der Waals surface area contributed by atoms with Gasteiger partial charge in [0.05, 0.1) is 11.9 Å². The summed E-state index contributed by atoms with van der Waals surface area (Å²) in [6.45, 7) is 1.09. The first kappa shape index (κ1) is 19.8. The standard InChI is InChI=1S/C17H17F3N2O3S/c1-3-11-6-4-5-7-13(11)21-15(23)10-22(26(2,24)25)14-9-8-12(18)16(19)17(14)20/h4-9H,3,10H2,1-2H3,(H,21,23). The van der Waals surface area contributed by atoms with Crippen LogP contribution < -0.4 is 9.62 Å². The van der Waals surface area contributed by atoms with Gasteiger partial charge in [-0.2, -0.15) is 0 Å². The summed E-state index contributed by atoms with van der Waals surface area (Å²) in [5, 5.41) is 2.54. The second kappa shape index (κ2) is 7.77. The Morgan fingerprint density at radius 3 is 2.35 bits per heavy atom. The summed E-state index contributed by atoms with van der Waals surface area (Å²) in [4.78, 5) is 12.3. The summed E-state index contributed by atoms with van der Waals surface area (Å²) in [5.41, 5.74) is 0.565. The van der Waals surface area contributed by atoms with Crippen molar-refractivity contribution < 1.29 is 26.4 Å². The van der Waals surface area contributed by atoms with Crippen LogP contribution in [0.25, 0.3) is 0 Å². The van der Waals surface area contributed by atoms with Crippen LogP contribution in [0.2, 0.25) is 0 Å². The first-order chi connectivity index (χ1) is 12.1. The van der Waals surface area contributed by atoms with E-state index in [0.717, 1.165) is 17.9 Å². The molecule has 5 nitrogen and oxygen atoms in total. The predicted octanol–water partition coefficient (Wildman–Crippen LogP) is 3.07. The number of benzene rings is 2. The second-order valence-corrected chi connectivity index (χ2v) is 7.43. The summed E-state index contributed by atoms with van der Waals surface area (Å²) in [5.74, 6) is -5.70. The molecule has 0 unspecified atom stereocenters. The van der Waals surface area contributed by atoms with Crippen molar-refractivity contribution in [3.8, 4) is 0 Å². The molecule has 0 aromatic heterocycles. The number of sulfonamides is 1. The third kappa shape index (κ3) is 4.34. The number of aryl methyl sites for hydroxylation is 1. The highest BCUT2D eigenvalue weighted by Crippen LogP contribution is 2.25. The Hall–Kier alpha value is -2.55. The molecule has 2 aromatic rings. The lowest BCUT2D eigenvalue weighted by molar-refractivity contribution is -0.114. The maximum absolute atomic E-state index is 14.0. The van der Waals surface area contributed by atoms with Gasteiger partial charge in [0.1, 0.15) is 6.54 Å². The van der Waals surface area contributed by atoms with E-state index >= 15 is 0 Å². The number of carbonyl (C=O) groups excluding carboxylic acids is 1. The Morgan fingerprint density at radius 2 is 1.73 bits per heavy atom. The second-order valence-electron chi connectivity index (χ2n) is 5.52. The van der Waals surface area contributed by atoms with Crippen LogP contribution in [0.4, 0.5) is 24.5 Å². The van der Waals surface area contributed by atoms with Gasteiger partial charge < -0.3 is 5.32 Å². The van der Waals surface area contributed by atoms with E-state index in [1.54, 1.807) is 24.3 Å². The number of nitrogens with one attached hydrogen (secondary N) is 1. The van der Waals surface area contributed by atoms with Crippen molar-refractivity contribution in [2.75, 3.05) is 22.4 Å². The van der Waals surface area contributed by atoms with Gasteiger partial charge in [0, 0.05) is 5.69 Å². The van der Waals surface area contributed by atoms with Gasteiger partial charge in [0.2, 0.25) is 15.9 Å². The molecule has 0 fully saturated rings. The Bertz CT molecular complexity index is 933. The molecule has 0 spiro atoms. The van der Waals surface area contributed by atoms with Crippen molar-refractivity contribution >= 4 is 27.3 Å². The molecule has 0 aliphatic carbocycles. The first-order valence-corrected chi connectivity index (χ1v) is 9.49. The number of hydrogen-bond acceptors (Lipinski definition) is 3. The molecule has 0 radical (unpaired) electrons. The quantitative estimate of drug-likeness (QED) is 0.776. The monoisotopic (exact) mass is 386 g/mol. The van der Waals surface area contributed by atoms with E-state index in [9.17, 15) is 26.4 Å². The van der Waals surface area contributed by atoms with Crippen molar-refractivity contribution in [2.24, 2.45) is 0 Å². The van der Waals surface area contributed by atoms with Crippen LogP contribution >= 0.6 is 0 Å². The molecule has 0 aliphatic heterocycles. The molecule has 140 valence electrons. The van der Waals surface area contributed by atoms with Crippen LogP contribution in [0.15, 0.2) is 36.4 Å². The van der Waals surface area contributed by atoms with Crippen molar-refractivity contribution in [3.63, 3.8) is 0 Å². The lowest BCUT2D eigenvalue weighted by Gasteiger charge is -2.22. The Kier molecular flexibility index (Phi) is 5.91. The molecule has 1 N–H and O–H groups in total. The van der Waals surface area contributed by atoms with Gasteiger partial charge in [-0.1, -0.05) is 25.1 Å². The zero-order valence-corrected chi connectivity index (χ0v) is 14.9. The Balaban J connectivity index is 2.33. The fourth-order valence-electron chi connectivity index (χ4n) is 2.36. The average Bonchev–Trinajstić information content (AvgIpc) is 2.58. The predicted molar refractivity (Wildman–Crippen MR) is 93.0 cm³/mol. The van der Waals surface area contributed by atoms with Crippen LogP contribution in [0.5, 0.6) is 0 Å². The minimum Gasteiger partial charge on any atom is -0.324 e. The number of hydrogen-bond donors (Lipinski definition) is 1. The Labute approximate surface area is 149 Å². The maximum atomic E-state index is 14.0. The van der Waals surface area contributed by atoms with Gasteiger partial charge in [0.25, 0.3) is 0 Å².